The van der Waals surface area contributed by atoms with Crippen LogP contribution >= 0.6 is 0 Å². The molecule has 0 amide bonds. The van der Waals surface area contributed by atoms with Crippen LogP contribution in [0, 0.1) is 13.8 Å². The molecule has 6 heterocycles. The predicted octanol–water partition coefficient (Wildman–Crippen LogP) is 4.46. The van der Waals surface area contributed by atoms with Crippen molar-refractivity contribution >= 4 is 22.7 Å². The monoisotopic (exact) mass is 582 g/mol. The van der Waals surface area contributed by atoms with Gasteiger partial charge in [-0.2, -0.15) is 10.2 Å². The second-order valence-electron chi connectivity index (χ2n) is 12.4. The van der Waals surface area contributed by atoms with E-state index in [1.54, 1.807) is 20.8 Å². The highest BCUT2D eigenvalue weighted by atomic mass is 16.5. The smallest absolute Gasteiger partial charge is 0.157 e. The first-order chi connectivity index (χ1) is 19.3. The topological polar surface area (TPSA) is 106 Å². The molecule has 11 heteroatoms. The Hall–Kier alpha value is -3.28. The van der Waals surface area contributed by atoms with Gasteiger partial charge in [-0.1, -0.05) is 28.2 Å². The number of morpholine rings is 2. The number of nitrogens with zero attached hydrogens (tertiary/aromatic N) is 8. The number of ether oxygens (including phenoxy) is 2. The number of aromatic nitrogens is 6. The quantitative estimate of drug-likeness (QED) is 0.367. The zero-order chi connectivity index (χ0) is 29.8. The number of hydrogen-bond acceptors (Lipinski definition) is 9. The Labute approximate surface area is 250 Å². The van der Waals surface area contributed by atoms with Crippen LogP contribution in [0.25, 0.3) is 11.0 Å². The summed E-state index contributed by atoms with van der Waals surface area (Å²) < 4.78 is 14.7. The fourth-order valence-electron chi connectivity index (χ4n) is 4.69. The molecule has 0 bridgehead atoms. The summed E-state index contributed by atoms with van der Waals surface area (Å²) in [5, 5.41) is 17.5. The van der Waals surface area contributed by atoms with Crippen molar-refractivity contribution in [2.45, 2.75) is 73.8 Å². The Bertz CT molecular complexity index is 1420. The van der Waals surface area contributed by atoms with Gasteiger partial charge in [0.05, 0.1) is 32.0 Å². The molecule has 1 N–H and O–H groups in total. The Kier molecular flexibility index (Phi) is 10.9. The summed E-state index contributed by atoms with van der Waals surface area (Å²) in [4.78, 5) is 13.7. The van der Waals surface area contributed by atoms with Crippen LogP contribution in [0.3, 0.4) is 0 Å². The molecule has 2 aliphatic heterocycles. The van der Waals surface area contributed by atoms with Crippen molar-refractivity contribution in [1.82, 2.24) is 29.2 Å². The third-order valence-electron chi connectivity index (χ3n) is 6.46. The lowest BCUT2D eigenvalue weighted by atomic mass is 9.93. The Morgan fingerprint density at radius 1 is 0.714 bits per heavy atom. The fraction of sp³-hybridized carbons (Fsp3) is 0.613. The summed E-state index contributed by atoms with van der Waals surface area (Å²) >= 11 is 0. The van der Waals surface area contributed by atoms with Crippen molar-refractivity contribution in [2.24, 2.45) is 0 Å². The number of anilines is 2. The average Bonchev–Trinajstić information content (AvgIpc) is 3.55. The van der Waals surface area contributed by atoms with Crippen LogP contribution < -0.4 is 9.80 Å². The maximum absolute atomic E-state index is 8.52. The molecule has 4 aromatic rings. The van der Waals surface area contributed by atoms with Crippen LogP contribution in [0.5, 0.6) is 0 Å². The molecule has 2 fully saturated rings. The minimum Gasteiger partial charge on any atom is -0.391 e. The number of aryl methyl sites for hydroxylation is 2. The molecule has 2 saturated heterocycles. The van der Waals surface area contributed by atoms with Crippen LogP contribution in [0.1, 0.15) is 66.3 Å². The van der Waals surface area contributed by atoms with Crippen molar-refractivity contribution in [3.05, 3.63) is 47.8 Å². The summed E-state index contributed by atoms with van der Waals surface area (Å²) in [6, 6.07) is 8.33. The number of rotatable bonds is 2. The van der Waals surface area contributed by atoms with Gasteiger partial charge in [0.25, 0.3) is 0 Å². The Balaban J connectivity index is 0.000000198. The van der Waals surface area contributed by atoms with Gasteiger partial charge in [-0.05, 0) is 58.9 Å². The van der Waals surface area contributed by atoms with Gasteiger partial charge in [0.15, 0.2) is 11.6 Å². The molecule has 4 aromatic heterocycles. The molecular weight excluding hydrogens is 532 g/mol. The molecule has 0 saturated carbocycles. The number of hydrogen-bond donors (Lipinski definition) is 1. The van der Waals surface area contributed by atoms with E-state index in [1.165, 1.54) is 5.69 Å². The van der Waals surface area contributed by atoms with Gasteiger partial charge in [-0.15, -0.1) is 0 Å². The van der Waals surface area contributed by atoms with E-state index in [9.17, 15) is 0 Å². The van der Waals surface area contributed by atoms with Crippen LogP contribution in [-0.2, 0) is 14.9 Å². The van der Waals surface area contributed by atoms with Gasteiger partial charge in [-0.25, -0.2) is 19.0 Å². The fourth-order valence-corrected chi connectivity index (χ4v) is 4.69. The van der Waals surface area contributed by atoms with E-state index in [2.05, 4.69) is 62.9 Å². The van der Waals surface area contributed by atoms with E-state index in [4.69, 9.17) is 14.6 Å². The molecular formula is C31H50N8O3. The summed E-state index contributed by atoms with van der Waals surface area (Å²) in [5.41, 5.74) is 2.93. The molecule has 232 valence electrons. The van der Waals surface area contributed by atoms with Crippen molar-refractivity contribution in [1.29, 1.82) is 0 Å². The lowest BCUT2D eigenvalue weighted by Gasteiger charge is -2.28. The van der Waals surface area contributed by atoms with Crippen LogP contribution in [0.2, 0.25) is 0 Å². The van der Waals surface area contributed by atoms with Crippen molar-refractivity contribution in [3.8, 4) is 0 Å². The van der Waals surface area contributed by atoms with Crippen molar-refractivity contribution in [3.63, 3.8) is 0 Å². The number of aliphatic hydroxyl groups is 1. The highest BCUT2D eigenvalue weighted by molar-refractivity contribution is 5.70. The van der Waals surface area contributed by atoms with Crippen molar-refractivity contribution < 1.29 is 14.6 Å². The first-order valence-electron chi connectivity index (χ1n) is 14.4. The Morgan fingerprint density at radius 3 is 1.69 bits per heavy atom. The van der Waals surface area contributed by atoms with E-state index in [0.29, 0.717) is 0 Å². The summed E-state index contributed by atoms with van der Waals surface area (Å²) in [6.45, 7) is 22.4. The SMILES string of the molecule is C.CC(C)(C)O.Cc1nc(N2CCOCC2)c2ccc(C(C)(C)C)n2n1.Cc1nc(N2CCOCC2)c2cccn2n1. The van der Waals surface area contributed by atoms with E-state index >= 15 is 0 Å². The van der Waals surface area contributed by atoms with E-state index in [1.807, 2.05) is 41.2 Å². The Morgan fingerprint density at radius 2 is 1.19 bits per heavy atom. The maximum atomic E-state index is 8.52. The van der Waals surface area contributed by atoms with Gasteiger partial charge in [-0.3, -0.25) is 0 Å². The average molecular weight is 583 g/mol. The van der Waals surface area contributed by atoms with Gasteiger partial charge >= 0.3 is 0 Å². The molecule has 6 rings (SSSR count). The second kappa shape index (κ2) is 13.8. The summed E-state index contributed by atoms with van der Waals surface area (Å²) in [5.74, 6) is 3.64. The minimum absolute atomic E-state index is 0. The van der Waals surface area contributed by atoms with E-state index in [0.717, 1.165) is 86.9 Å². The highest BCUT2D eigenvalue weighted by Gasteiger charge is 2.23. The normalized spacial score (nSPS) is 15.9. The summed E-state index contributed by atoms with van der Waals surface area (Å²) in [7, 11) is 0. The van der Waals surface area contributed by atoms with Crippen LogP contribution in [0.4, 0.5) is 11.6 Å². The third kappa shape index (κ3) is 8.62. The minimum atomic E-state index is -0.500. The molecule has 0 spiro atoms. The zero-order valence-corrected chi connectivity index (χ0v) is 25.9. The first-order valence-corrected chi connectivity index (χ1v) is 14.4. The van der Waals surface area contributed by atoms with Crippen LogP contribution in [0.15, 0.2) is 30.5 Å². The van der Waals surface area contributed by atoms with Crippen LogP contribution in [-0.4, -0.2) is 92.5 Å². The largest absolute Gasteiger partial charge is 0.391 e. The standard InChI is InChI=1S/C15H22N4O.C11H14N4O.C4H10O.CH4/c1-11-16-14(18-7-9-20-10-8-18)12-5-6-13(15(2,3)4)19(12)17-11;1-9-12-11(14-5-7-16-8-6-14)10-3-2-4-15(10)13-9;1-4(2,3)5;/h5-6H,7-10H2,1-4H3;2-4H,5-8H2,1H3;5H,1-3H3;1H4. The lowest BCUT2D eigenvalue weighted by Crippen LogP contribution is -2.37. The van der Waals surface area contributed by atoms with Gasteiger partial charge in [0.1, 0.15) is 22.7 Å². The second-order valence-corrected chi connectivity index (χ2v) is 12.4. The molecule has 0 unspecified atom stereocenters. The van der Waals surface area contributed by atoms with Gasteiger partial charge < -0.3 is 24.4 Å². The molecule has 0 aliphatic carbocycles. The molecule has 0 atom stereocenters. The zero-order valence-electron chi connectivity index (χ0n) is 25.9. The van der Waals surface area contributed by atoms with Gasteiger partial charge in [0, 0.05) is 43.5 Å². The summed E-state index contributed by atoms with van der Waals surface area (Å²) in [6.07, 6.45) is 1.95. The predicted molar refractivity (Wildman–Crippen MR) is 169 cm³/mol. The van der Waals surface area contributed by atoms with Crippen molar-refractivity contribution in [2.75, 3.05) is 62.4 Å². The molecule has 42 heavy (non-hydrogen) atoms. The maximum Gasteiger partial charge on any atom is 0.157 e. The highest BCUT2D eigenvalue weighted by Crippen LogP contribution is 2.28. The van der Waals surface area contributed by atoms with Gasteiger partial charge in [0.2, 0.25) is 0 Å². The molecule has 11 nitrogen and oxygen atoms in total. The van der Waals surface area contributed by atoms with E-state index < -0.39 is 5.60 Å². The molecule has 0 aromatic carbocycles. The van der Waals surface area contributed by atoms with E-state index in [-0.39, 0.29) is 12.8 Å². The molecule has 2 aliphatic rings. The number of fused-ring (bicyclic) bond motifs is 2. The lowest BCUT2D eigenvalue weighted by molar-refractivity contribution is 0.102. The first kappa shape index (κ1) is 33.2. The molecule has 0 radical (unpaired) electrons. The third-order valence-corrected chi connectivity index (χ3v) is 6.46.